The minimum absolute atomic E-state index is 0.186. The van der Waals surface area contributed by atoms with Crippen LogP contribution in [0.25, 0.3) is 0 Å². The number of nitrogens with one attached hydrogen (secondary N) is 2. The Hall–Kier alpha value is -2.34. The summed E-state index contributed by atoms with van der Waals surface area (Å²) in [7, 11) is 0. The lowest BCUT2D eigenvalue weighted by molar-refractivity contribution is 0.0935. The number of hydrogen-bond acceptors (Lipinski definition) is 3. The van der Waals surface area contributed by atoms with Gasteiger partial charge in [-0.2, -0.15) is 0 Å². The number of halogens is 1. The Balaban J connectivity index is 1.64. The smallest absolute Gasteiger partial charge is 0.287 e. The predicted octanol–water partition coefficient (Wildman–Crippen LogP) is 3.33. The molecule has 2 aliphatic rings. The van der Waals surface area contributed by atoms with E-state index >= 15 is 0 Å². The molecule has 7 heteroatoms. The van der Waals surface area contributed by atoms with E-state index in [0.717, 1.165) is 49.9 Å². The van der Waals surface area contributed by atoms with Gasteiger partial charge in [0.2, 0.25) is 0 Å². The summed E-state index contributed by atoms with van der Waals surface area (Å²) in [4.78, 5) is 29.8. The van der Waals surface area contributed by atoms with Crippen LogP contribution in [0, 0.1) is 6.92 Å². The minimum Gasteiger partial charge on any atom is -0.347 e. The monoisotopic (exact) mass is 372 g/mol. The van der Waals surface area contributed by atoms with E-state index in [1.807, 2.05) is 17.6 Å². The molecule has 2 heterocycles. The number of rotatable bonds is 4. The first-order chi connectivity index (χ1) is 12.5. The molecule has 1 fully saturated rings. The largest absolute Gasteiger partial charge is 0.347 e. The van der Waals surface area contributed by atoms with Crippen LogP contribution >= 0.6 is 11.6 Å². The molecule has 0 saturated heterocycles. The molecule has 1 saturated carbocycles. The molecule has 0 bridgehead atoms. The third-order valence-electron chi connectivity index (χ3n) is 4.96. The predicted molar refractivity (Wildman–Crippen MR) is 99.8 cm³/mol. The zero-order valence-electron chi connectivity index (χ0n) is 14.6. The van der Waals surface area contributed by atoms with Crippen LogP contribution in [-0.2, 0) is 13.0 Å². The topological polar surface area (TPSA) is 76.0 Å². The summed E-state index contributed by atoms with van der Waals surface area (Å²) in [5, 5.41) is 6.46. The maximum Gasteiger partial charge on any atom is 0.287 e. The Morgan fingerprint density at radius 3 is 2.81 bits per heavy atom. The summed E-state index contributed by atoms with van der Waals surface area (Å²) < 4.78 is 1.90. The second-order valence-corrected chi connectivity index (χ2v) is 7.36. The molecular weight excluding hydrogens is 352 g/mol. The number of fused-ring (bicyclic) bond motifs is 1. The molecular formula is C19H21ClN4O2. The molecule has 4 rings (SSSR count). The van der Waals surface area contributed by atoms with Gasteiger partial charge in [0.1, 0.15) is 0 Å². The minimum atomic E-state index is -0.300. The van der Waals surface area contributed by atoms with Crippen LogP contribution in [0.2, 0.25) is 5.02 Å². The summed E-state index contributed by atoms with van der Waals surface area (Å²) in [6, 6.07) is 5.64. The molecule has 2 aromatic rings. The molecule has 1 aliphatic carbocycles. The van der Waals surface area contributed by atoms with Gasteiger partial charge >= 0.3 is 0 Å². The van der Waals surface area contributed by atoms with Crippen molar-refractivity contribution in [3.05, 3.63) is 46.0 Å². The molecule has 26 heavy (non-hydrogen) atoms. The average molecular weight is 373 g/mol. The molecule has 1 aromatic carbocycles. The number of benzene rings is 1. The highest BCUT2D eigenvalue weighted by atomic mass is 35.5. The number of amides is 2. The SMILES string of the molecule is Cc1c(Cl)cccc1NC(=O)c1nc(C(=O)NC2CC2)n2c1CCCC2. The molecule has 0 radical (unpaired) electrons. The van der Waals surface area contributed by atoms with Crippen molar-refractivity contribution in [2.45, 2.75) is 51.6 Å². The zero-order valence-corrected chi connectivity index (χ0v) is 15.4. The molecule has 0 unspecified atom stereocenters. The third kappa shape index (κ3) is 3.21. The van der Waals surface area contributed by atoms with Crippen LogP contribution in [-0.4, -0.2) is 27.4 Å². The van der Waals surface area contributed by atoms with E-state index in [1.165, 1.54) is 0 Å². The van der Waals surface area contributed by atoms with Crippen molar-refractivity contribution in [1.82, 2.24) is 14.9 Å². The van der Waals surface area contributed by atoms with Crippen LogP contribution in [0.15, 0.2) is 18.2 Å². The molecule has 2 amide bonds. The second kappa shape index (κ2) is 6.76. The Labute approximate surface area is 156 Å². The summed E-state index contributed by atoms with van der Waals surface area (Å²) in [5.74, 6) is -0.139. The summed E-state index contributed by atoms with van der Waals surface area (Å²) in [6.45, 7) is 2.58. The number of anilines is 1. The highest BCUT2D eigenvalue weighted by molar-refractivity contribution is 6.31. The molecule has 0 atom stereocenters. The van der Waals surface area contributed by atoms with Crippen LogP contribution in [0.1, 0.15) is 58.0 Å². The van der Waals surface area contributed by atoms with Gasteiger partial charge in [-0.15, -0.1) is 0 Å². The van der Waals surface area contributed by atoms with E-state index in [1.54, 1.807) is 12.1 Å². The fraction of sp³-hybridized carbons (Fsp3) is 0.421. The maximum absolute atomic E-state index is 12.9. The molecule has 0 spiro atoms. The van der Waals surface area contributed by atoms with Gasteiger partial charge < -0.3 is 15.2 Å². The summed E-state index contributed by atoms with van der Waals surface area (Å²) in [6.07, 6.45) is 4.76. The Kier molecular flexibility index (Phi) is 4.44. The number of nitrogens with zero attached hydrogens (tertiary/aromatic N) is 2. The van der Waals surface area contributed by atoms with E-state index in [9.17, 15) is 9.59 Å². The number of imidazole rings is 1. The quantitative estimate of drug-likeness (QED) is 0.864. The zero-order chi connectivity index (χ0) is 18.3. The first-order valence-electron chi connectivity index (χ1n) is 9.01. The summed E-state index contributed by atoms with van der Waals surface area (Å²) in [5.41, 5.74) is 2.64. The highest BCUT2D eigenvalue weighted by Crippen LogP contribution is 2.26. The van der Waals surface area contributed by atoms with Gasteiger partial charge in [-0.3, -0.25) is 9.59 Å². The molecule has 2 N–H and O–H groups in total. The van der Waals surface area contributed by atoms with Crippen LogP contribution < -0.4 is 10.6 Å². The van der Waals surface area contributed by atoms with Crippen LogP contribution in [0.4, 0.5) is 5.69 Å². The van der Waals surface area contributed by atoms with Crippen LogP contribution in [0.5, 0.6) is 0 Å². The van der Waals surface area contributed by atoms with E-state index in [-0.39, 0.29) is 17.9 Å². The van der Waals surface area contributed by atoms with E-state index in [2.05, 4.69) is 15.6 Å². The van der Waals surface area contributed by atoms with Crippen molar-refractivity contribution in [2.75, 3.05) is 5.32 Å². The third-order valence-corrected chi connectivity index (χ3v) is 5.37. The number of hydrogen-bond donors (Lipinski definition) is 2. The van der Waals surface area contributed by atoms with Crippen molar-refractivity contribution >= 4 is 29.1 Å². The van der Waals surface area contributed by atoms with Gasteiger partial charge in [0.25, 0.3) is 11.8 Å². The number of carbonyl (C=O) groups is 2. The van der Waals surface area contributed by atoms with E-state index < -0.39 is 0 Å². The Bertz CT molecular complexity index is 886. The standard InChI is InChI=1S/C19H21ClN4O2/c1-11-13(20)5-4-6-14(11)22-18(25)16-15-7-2-3-10-24(15)17(23-16)19(26)21-12-8-9-12/h4-6,12H,2-3,7-10H2,1H3,(H,21,26)(H,22,25). The molecule has 136 valence electrons. The Morgan fingerprint density at radius 2 is 2.04 bits per heavy atom. The molecule has 6 nitrogen and oxygen atoms in total. The van der Waals surface area contributed by atoms with Crippen LogP contribution in [0.3, 0.4) is 0 Å². The van der Waals surface area contributed by atoms with Gasteiger partial charge in [-0.05, 0) is 56.7 Å². The van der Waals surface area contributed by atoms with E-state index in [4.69, 9.17) is 11.6 Å². The van der Waals surface area contributed by atoms with Gasteiger partial charge in [-0.1, -0.05) is 17.7 Å². The van der Waals surface area contributed by atoms with Crippen molar-refractivity contribution < 1.29 is 9.59 Å². The summed E-state index contributed by atoms with van der Waals surface area (Å²) >= 11 is 6.13. The van der Waals surface area contributed by atoms with Gasteiger partial charge in [0.15, 0.2) is 11.5 Å². The first-order valence-corrected chi connectivity index (χ1v) is 9.39. The van der Waals surface area contributed by atoms with E-state index in [0.29, 0.717) is 22.2 Å². The van der Waals surface area contributed by atoms with Gasteiger partial charge in [-0.25, -0.2) is 4.98 Å². The van der Waals surface area contributed by atoms with Gasteiger partial charge in [0.05, 0.1) is 5.69 Å². The highest BCUT2D eigenvalue weighted by Gasteiger charge is 2.30. The first kappa shape index (κ1) is 17.1. The lowest BCUT2D eigenvalue weighted by Gasteiger charge is -2.17. The lowest BCUT2D eigenvalue weighted by Crippen LogP contribution is -2.29. The molecule has 1 aliphatic heterocycles. The fourth-order valence-electron chi connectivity index (χ4n) is 3.30. The van der Waals surface area contributed by atoms with Crippen molar-refractivity contribution in [3.63, 3.8) is 0 Å². The number of carbonyl (C=O) groups excluding carboxylic acids is 2. The lowest BCUT2D eigenvalue weighted by atomic mass is 10.1. The Morgan fingerprint density at radius 1 is 1.23 bits per heavy atom. The average Bonchev–Trinajstić information content (AvgIpc) is 3.35. The number of aromatic nitrogens is 2. The van der Waals surface area contributed by atoms with Crippen molar-refractivity contribution in [3.8, 4) is 0 Å². The molecule has 1 aromatic heterocycles. The van der Waals surface area contributed by atoms with Crippen molar-refractivity contribution in [1.29, 1.82) is 0 Å². The second-order valence-electron chi connectivity index (χ2n) is 6.95. The van der Waals surface area contributed by atoms with Crippen molar-refractivity contribution in [2.24, 2.45) is 0 Å². The normalized spacial score (nSPS) is 16.1. The van der Waals surface area contributed by atoms with Gasteiger partial charge in [0, 0.05) is 23.3 Å². The maximum atomic E-state index is 12.9. The fourth-order valence-corrected chi connectivity index (χ4v) is 3.47.